The van der Waals surface area contributed by atoms with E-state index in [0.29, 0.717) is 16.4 Å². The predicted molar refractivity (Wildman–Crippen MR) is 96.6 cm³/mol. The van der Waals surface area contributed by atoms with Gasteiger partial charge < -0.3 is 10.3 Å². The van der Waals surface area contributed by atoms with Crippen LogP contribution in [0.15, 0.2) is 34.2 Å². The molecule has 0 unspecified atom stereocenters. The summed E-state index contributed by atoms with van der Waals surface area (Å²) >= 11 is 1.21. The number of carbonyl (C=O) groups is 1. The average molecular weight is 354 g/mol. The minimum Gasteiger partial charge on any atom is -0.324 e. The minimum atomic E-state index is -0.462. The number of hydrogen-bond acceptors (Lipinski definition) is 5. The minimum absolute atomic E-state index is 0.102. The van der Waals surface area contributed by atoms with Crippen LogP contribution in [0.2, 0.25) is 0 Å². The van der Waals surface area contributed by atoms with E-state index in [4.69, 9.17) is 5.26 Å². The van der Waals surface area contributed by atoms with E-state index in [-0.39, 0.29) is 11.5 Å². The first-order valence-electron chi connectivity index (χ1n) is 8.17. The normalized spacial score (nSPS) is 14.2. The Morgan fingerprint density at radius 1 is 1.36 bits per heavy atom. The molecule has 1 amide bonds. The second kappa shape index (κ2) is 7.53. The summed E-state index contributed by atoms with van der Waals surface area (Å²) in [5.74, 6) is -0.243. The lowest BCUT2D eigenvalue weighted by Gasteiger charge is -2.16. The summed E-state index contributed by atoms with van der Waals surface area (Å²) in [7, 11) is 0. The third-order valence-corrected chi connectivity index (χ3v) is 5.12. The molecule has 6 nitrogen and oxygen atoms in total. The Hall–Kier alpha value is -2.59. The molecule has 128 valence electrons. The molecule has 1 aromatic carbocycles. The SMILES string of the molecule is C[C@@H](Sc1nc2c(c(=O)[nH]1)CCCC2)C(=O)Nc1ccccc1C#N. The highest BCUT2D eigenvalue weighted by atomic mass is 32.2. The van der Waals surface area contributed by atoms with Crippen LogP contribution in [-0.2, 0) is 17.6 Å². The number of carbonyl (C=O) groups excluding carboxylic acids is 1. The number of para-hydroxylation sites is 1. The van der Waals surface area contributed by atoms with Gasteiger partial charge in [0.2, 0.25) is 5.91 Å². The second-order valence-corrected chi connectivity index (χ2v) is 7.24. The highest BCUT2D eigenvalue weighted by Crippen LogP contribution is 2.23. The molecule has 0 radical (unpaired) electrons. The standard InChI is InChI=1S/C18H18N4O2S/c1-11(16(23)20-14-8-4-2-6-12(14)10-19)25-18-21-15-9-5-3-7-13(15)17(24)22-18/h2,4,6,8,11H,3,5,7,9H2,1H3,(H,20,23)(H,21,22,24)/t11-/m1/s1. The third-order valence-electron chi connectivity index (χ3n) is 4.13. The number of nitriles is 1. The summed E-state index contributed by atoms with van der Waals surface area (Å²) in [6.07, 6.45) is 3.63. The Bertz CT molecular complexity index is 901. The van der Waals surface area contributed by atoms with Gasteiger partial charge in [0, 0.05) is 5.56 Å². The number of nitrogens with one attached hydrogen (secondary N) is 2. The van der Waals surface area contributed by atoms with Crippen LogP contribution < -0.4 is 10.9 Å². The van der Waals surface area contributed by atoms with Crippen LogP contribution in [0.25, 0.3) is 0 Å². The van der Waals surface area contributed by atoms with Gasteiger partial charge in [-0.25, -0.2) is 4.98 Å². The van der Waals surface area contributed by atoms with E-state index in [1.165, 1.54) is 11.8 Å². The molecule has 1 aliphatic carbocycles. The van der Waals surface area contributed by atoms with Crippen LogP contribution in [0.3, 0.4) is 0 Å². The quantitative estimate of drug-likeness (QED) is 0.650. The maximum absolute atomic E-state index is 12.4. The first kappa shape index (κ1) is 17.2. The number of nitrogens with zero attached hydrogens (tertiary/aromatic N) is 2. The van der Waals surface area contributed by atoms with Crippen molar-refractivity contribution in [2.24, 2.45) is 0 Å². The molecule has 1 aliphatic rings. The molecule has 0 bridgehead atoms. The monoisotopic (exact) mass is 354 g/mol. The summed E-state index contributed by atoms with van der Waals surface area (Å²) in [6.45, 7) is 1.74. The first-order valence-corrected chi connectivity index (χ1v) is 9.05. The number of benzene rings is 1. The number of rotatable bonds is 4. The molecule has 1 atom stereocenters. The van der Waals surface area contributed by atoms with Gasteiger partial charge in [0.25, 0.3) is 5.56 Å². The fourth-order valence-electron chi connectivity index (χ4n) is 2.78. The number of amides is 1. The van der Waals surface area contributed by atoms with Crippen molar-refractivity contribution in [3.8, 4) is 6.07 Å². The summed E-state index contributed by atoms with van der Waals surface area (Å²) in [5.41, 5.74) is 2.41. The van der Waals surface area contributed by atoms with Crippen molar-refractivity contribution in [3.05, 3.63) is 51.4 Å². The number of H-pyrrole nitrogens is 1. The largest absolute Gasteiger partial charge is 0.324 e. The summed E-state index contributed by atoms with van der Waals surface area (Å²) < 4.78 is 0. The van der Waals surface area contributed by atoms with Crippen molar-refractivity contribution in [2.75, 3.05) is 5.32 Å². The van der Waals surface area contributed by atoms with Gasteiger partial charge in [-0.3, -0.25) is 9.59 Å². The molecule has 3 rings (SSSR count). The zero-order valence-electron chi connectivity index (χ0n) is 13.8. The topological polar surface area (TPSA) is 98.6 Å². The molecule has 0 spiro atoms. The maximum atomic E-state index is 12.4. The molecule has 0 aliphatic heterocycles. The van der Waals surface area contributed by atoms with E-state index in [2.05, 4.69) is 15.3 Å². The van der Waals surface area contributed by atoms with Gasteiger partial charge in [-0.2, -0.15) is 5.26 Å². The van der Waals surface area contributed by atoms with E-state index in [0.717, 1.165) is 36.9 Å². The van der Waals surface area contributed by atoms with Gasteiger partial charge in [0.15, 0.2) is 5.16 Å². The number of anilines is 1. The number of fused-ring (bicyclic) bond motifs is 1. The molecular weight excluding hydrogens is 336 g/mol. The smallest absolute Gasteiger partial charge is 0.254 e. The molecular formula is C18H18N4O2S. The first-order chi connectivity index (χ1) is 12.1. The van der Waals surface area contributed by atoms with Crippen molar-refractivity contribution in [1.82, 2.24) is 9.97 Å². The van der Waals surface area contributed by atoms with Crippen molar-refractivity contribution in [1.29, 1.82) is 5.26 Å². The molecule has 7 heteroatoms. The summed E-state index contributed by atoms with van der Waals surface area (Å²) in [6, 6.07) is 8.89. The Morgan fingerprint density at radius 2 is 2.12 bits per heavy atom. The van der Waals surface area contributed by atoms with Crippen LogP contribution >= 0.6 is 11.8 Å². The van der Waals surface area contributed by atoms with E-state index in [1.54, 1.807) is 31.2 Å². The van der Waals surface area contributed by atoms with Crippen LogP contribution in [0, 0.1) is 11.3 Å². The molecule has 25 heavy (non-hydrogen) atoms. The second-order valence-electron chi connectivity index (χ2n) is 5.91. The summed E-state index contributed by atoms with van der Waals surface area (Å²) in [5, 5.41) is 11.8. The lowest BCUT2D eigenvalue weighted by Crippen LogP contribution is -2.25. The van der Waals surface area contributed by atoms with Gasteiger partial charge in [0.05, 0.1) is 22.2 Å². The van der Waals surface area contributed by atoms with Crippen molar-refractivity contribution >= 4 is 23.4 Å². The van der Waals surface area contributed by atoms with Crippen molar-refractivity contribution in [2.45, 2.75) is 43.0 Å². The predicted octanol–water partition coefficient (Wildman–Crippen LogP) is 2.64. The number of aromatic amines is 1. The van der Waals surface area contributed by atoms with Crippen LogP contribution in [0.4, 0.5) is 5.69 Å². The number of aromatic nitrogens is 2. The van der Waals surface area contributed by atoms with Crippen LogP contribution in [0.5, 0.6) is 0 Å². The zero-order valence-corrected chi connectivity index (χ0v) is 14.7. The van der Waals surface area contributed by atoms with Gasteiger partial charge in [-0.05, 0) is 44.7 Å². The Labute approximate surface area is 149 Å². The van der Waals surface area contributed by atoms with Crippen molar-refractivity contribution < 1.29 is 4.79 Å². The molecule has 0 saturated carbocycles. The number of hydrogen-bond donors (Lipinski definition) is 2. The van der Waals surface area contributed by atoms with E-state index < -0.39 is 5.25 Å². The van der Waals surface area contributed by atoms with Gasteiger partial charge >= 0.3 is 0 Å². The zero-order chi connectivity index (χ0) is 17.8. The molecule has 2 N–H and O–H groups in total. The van der Waals surface area contributed by atoms with Crippen LogP contribution in [0.1, 0.15) is 36.6 Å². The molecule has 1 heterocycles. The number of aryl methyl sites for hydroxylation is 1. The summed E-state index contributed by atoms with van der Waals surface area (Å²) in [4.78, 5) is 31.8. The maximum Gasteiger partial charge on any atom is 0.254 e. The molecule has 2 aromatic rings. The van der Waals surface area contributed by atoms with Gasteiger partial charge in [-0.1, -0.05) is 23.9 Å². The number of thioether (sulfide) groups is 1. The molecule has 0 saturated heterocycles. The fourth-order valence-corrected chi connectivity index (χ4v) is 3.60. The fraction of sp³-hybridized carbons (Fsp3) is 0.333. The van der Waals surface area contributed by atoms with E-state index >= 15 is 0 Å². The third kappa shape index (κ3) is 3.91. The molecule has 0 fully saturated rings. The van der Waals surface area contributed by atoms with Gasteiger partial charge in [-0.15, -0.1) is 0 Å². The van der Waals surface area contributed by atoms with Gasteiger partial charge in [0.1, 0.15) is 6.07 Å². The lowest BCUT2D eigenvalue weighted by atomic mass is 9.97. The van der Waals surface area contributed by atoms with Crippen LogP contribution in [-0.4, -0.2) is 21.1 Å². The Kier molecular flexibility index (Phi) is 5.19. The average Bonchev–Trinajstić information content (AvgIpc) is 2.62. The Morgan fingerprint density at radius 3 is 2.92 bits per heavy atom. The Balaban J connectivity index is 1.73. The van der Waals surface area contributed by atoms with E-state index in [1.807, 2.05) is 6.07 Å². The highest BCUT2D eigenvalue weighted by molar-refractivity contribution is 8.00. The lowest BCUT2D eigenvalue weighted by molar-refractivity contribution is -0.115. The highest BCUT2D eigenvalue weighted by Gasteiger charge is 2.20. The van der Waals surface area contributed by atoms with Crippen molar-refractivity contribution in [3.63, 3.8) is 0 Å². The molecule has 1 aromatic heterocycles. The van der Waals surface area contributed by atoms with E-state index in [9.17, 15) is 9.59 Å².